The van der Waals surface area contributed by atoms with Crippen LogP contribution in [0.4, 0.5) is 0 Å². The van der Waals surface area contributed by atoms with Crippen molar-refractivity contribution in [3.05, 3.63) is 72.8 Å². The van der Waals surface area contributed by atoms with Crippen molar-refractivity contribution < 1.29 is 9.47 Å². The molecule has 0 amide bonds. The first-order valence-corrected chi connectivity index (χ1v) is 11.7. The second-order valence-corrected chi connectivity index (χ2v) is 9.45. The van der Waals surface area contributed by atoms with Crippen LogP contribution in [0.3, 0.4) is 0 Å². The maximum absolute atomic E-state index is 5.98. The molecule has 148 valence electrons. The highest BCUT2D eigenvalue weighted by Gasteiger charge is 2.23. The van der Waals surface area contributed by atoms with E-state index >= 15 is 0 Å². The van der Waals surface area contributed by atoms with E-state index in [9.17, 15) is 0 Å². The number of rotatable bonds is 7. The van der Waals surface area contributed by atoms with Gasteiger partial charge in [0.25, 0.3) is 0 Å². The van der Waals surface area contributed by atoms with Gasteiger partial charge in [0.15, 0.2) is 0 Å². The van der Waals surface area contributed by atoms with Gasteiger partial charge in [-0.1, -0.05) is 74.0 Å². The first-order chi connectivity index (χ1) is 14.3. The Morgan fingerprint density at radius 1 is 0.655 bits per heavy atom. The molecule has 3 heteroatoms. The largest absolute Gasteiger partial charge is 0.495 e. The van der Waals surface area contributed by atoms with Gasteiger partial charge in [-0.3, -0.25) is 0 Å². The summed E-state index contributed by atoms with van der Waals surface area (Å²) in [5.74, 6) is 2.00. The third-order valence-corrected chi connectivity index (χ3v) is 8.07. The van der Waals surface area contributed by atoms with Crippen molar-refractivity contribution in [1.29, 1.82) is 0 Å². The molecule has 0 unspecified atom stereocenters. The number of hydrogen-bond acceptors (Lipinski definition) is 2. The van der Waals surface area contributed by atoms with E-state index < -0.39 is 7.92 Å². The topological polar surface area (TPSA) is 18.5 Å². The summed E-state index contributed by atoms with van der Waals surface area (Å²) in [5, 5.41) is 7.37. The number of unbranched alkanes of at least 4 members (excludes halogenated alkanes) is 1. The van der Waals surface area contributed by atoms with Crippen LogP contribution in [0.15, 0.2) is 72.8 Å². The monoisotopic (exact) mass is 402 g/mol. The number of methoxy groups -OCH3 is 2. The molecule has 0 heterocycles. The summed E-state index contributed by atoms with van der Waals surface area (Å²) in [6.45, 7) is 2.25. The lowest BCUT2D eigenvalue weighted by Gasteiger charge is -2.24. The van der Waals surface area contributed by atoms with Crippen LogP contribution in [0.2, 0.25) is 0 Å². The van der Waals surface area contributed by atoms with E-state index in [0.717, 1.165) is 17.7 Å². The van der Waals surface area contributed by atoms with E-state index in [1.54, 1.807) is 14.2 Å². The standard InChI is InChI=1S/C26H27O2P/c1-4-5-18-29(23-16-14-19-10-6-8-12-21(19)25(23)27-2)24-17-15-20-11-7-9-13-22(20)26(24)28-3/h6-17H,4-5,18H2,1-3H3. The van der Waals surface area contributed by atoms with Gasteiger partial charge in [-0.2, -0.15) is 0 Å². The smallest absolute Gasteiger partial charge is 0.134 e. The minimum atomic E-state index is -0.606. The van der Waals surface area contributed by atoms with Gasteiger partial charge >= 0.3 is 0 Å². The highest BCUT2D eigenvalue weighted by molar-refractivity contribution is 7.73. The Labute approximate surface area is 174 Å². The molecule has 0 saturated carbocycles. The number of benzene rings is 4. The van der Waals surface area contributed by atoms with Crippen LogP contribution in [-0.4, -0.2) is 20.4 Å². The van der Waals surface area contributed by atoms with Crippen LogP contribution in [-0.2, 0) is 0 Å². The summed E-state index contributed by atoms with van der Waals surface area (Å²) in [7, 11) is 2.97. The highest BCUT2D eigenvalue weighted by Crippen LogP contribution is 2.44. The second-order valence-electron chi connectivity index (χ2n) is 7.18. The maximum Gasteiger partial charge on any atom is 0.134 e. The van der Waals surface area contributed by atoms with E-state index in [4.69, 9.17) is 9.47 Å². The van der Waals surface area contributed by atoms with Gasteiger partial charge in [0.1, 0.15) is 11.5 Å². The van der Waals surface area contributed by atoms with E-state index in [-0.39, 0.29) is 0 Å². The quantitative estimate of drug-likeness (QED) is 0.341. The first kappa shape index (κ1) is 19.7. The van der Waals surface area contributed by atoms with Gasteiger partial charge in [0.05, 0.1) is 14.2 Å². The molecular weight excluding hydrogens is 375 g/mol. The third-order valence-electron chi connectivity index (χ3n) is 5.44. The van der Waals surface area contributed by atoms with Crippen LogP contribution in [0.5, 0.6) is 11.5 Å². The summed E-state index contributed by atoms with van der Waals surface area (Å²) in [4.78, 5) is 0. The average molecular weight is 402 g/mol. The van der Waals surface area contributed by atoms with Crippen LogP contribution < -0.4 is 20.1 Å². The van der Waals surface area contributed by atoms with Crippen LogP contribution in [0.1, 0.15) is 19.8 Å². The fraction of sp³-hybridized carbons (Fsp3) is 0.231. The van der Waals surface area contributed by atoms with Crippen molar-refractivity contribution in [2.75, 3.05) is 20.4 Å². The zero-order valence-electron chi connectivity index (χ0n) is 17.3. The molecule has 0 aromatic heterocycles. The molecule has 0 fully saturated rings. The van der Waals surface area contributed by atoms with Gasteiger partial charge in [-0.15, -0.1) is 0 Å². The normalized spacial score (nSPS) is 11.3. The second kappa shape index (κ2) is 8.84. The summed E-state index contributed by atoms with van der Waals surface area (Å²) >= 11 is 0. The third kappa shape index (κ3) is 3.70. The van der Waals surface area contributed by atoms with Gasteiger partial charge in [-0.25, -0.2) is 0 Å². The molecule has 0 aliphatic heterocycles. The first-order valence-electron chi connectivity index (χ1n) is 10.2. The van der Waals surface area contributed by atoms with E-state index in [0.29, 0.717) is 0 Å². The van der Waals surface area contributed by atoms with Crippen molar-refractivity contribution in [1.82, 2.24) is 0 Å². The summed E-state index contributed by atoms with van der Waals surface area (Å²) < 4.78 is 12.0. The Hall–Kier alpha value is -2.57. The summed E-state index contributed by atoms with van der Waals surface area (Å²) in [5.41, 5.74) is 0. The molecule has 0 bridgehead atoms. The van der Waals surface area contributed by atoms with Crippen molar-refractivity contribution in [3.8, 4) is 11.5 Å². The van der Waals surface area contributed by atoms with E-state index in [2.05, 4.69) is 79.7 Å². The lowest BCUT2D eigenvalue weighted by atomic mass is 10.1. The minimum Gasteiger partial charge on any atom is -0.495 e. The molecule has 0 aliphatic carbocycles. The Balaban J connectivity index is 1.95. The van der Waals surface area contributed by atoms with Crippen LogP contribution in [0.25, 0.3) is 21.5 Å². The van der Waals surface area contributed by atoms with Crippen molar-refractivity contribution in [2.24, 2.45) is 0 Å². The zero-order chi connectivity index (χ0) is 20.2. The van der Waals surface area contributed by atoms with Crippen molar-refractivity contribution in [2.45, 2.75) is 19.8 Å². The molecule has 2 nitrogen and oxygen atoms in total. The minimum absolute atomic E-state index is 0.606. The molecule has 4 rings (SSSR count). The Morgan fingerprint density at radius 2 is 1.14 bits per heavy atom. The molecule has 0 atom stereocenters. The van der Waals surface area contributed by atoms with Gasteiger partial charge < -0.3 is 9.47 Å². The van der Waals surface area contributed by atoms with Gasteiger partial charge in [-0.05, 0) is 43.4 Å². The fourth-order valence-corrected chi connectivity index (χ4v) is 6.80. The van der Waals surface area contributed by atoms with Crippen molar-refractivity contribution in [3.63, 3.8) is 0 Å². The molecule has 4 aromatic rings. The summed E-state index contributed by atoms with van der Waals surface area (Å²) in [6.07, 6.45) is 3.47. The Kier molecular flexibility index (Phi) is 6.02. The summed E-state index contributed by atoms with van der Waals surface area (Å²) in [6, 6.07) is 25.9. The maximum atomic E-state index is 5.98. The number of fused-ring (bicyclic) bond motifs is 2. The molecule has 0 N–H and O–H groups in total. The highest BCUT2D eigenvalue weighted by atomic mass is 31.1. The van der Waals surface area contributed by atoms with Crippen LogP contribution >= 0.6 is 7.92 Å². The van der Waals surface area contributed by atoms with Gasteiger partial charge in [0, 0.05) is 21.4 Å². The molecule has 29 heavy (non-hydrogen) atoms. The fourth-order valence-electron chi connectivity index (χ4n) is 4.00. The molecular formula is C26H27O2P. The van der Waals surface area contributed by atoms with E-state index in [1.165, 1.54) is 45.0 Å². The predicted molar refractivity (Wildman–Crippen MR) is 127 cm³/mol. The van der Waals surface area contributed by atoms with Crippen molar-refractivity contribution >= 4 is 40.1 Å². The number of ether oxygens (including phenoxy) is 2. The van der Waals surface area contributed by atoms with Gasteiger partial charge in [0.2, 0.25) is 0 Å². The average Bonchev–Trinajstić information content (AvgIpc) is 2.78. The molecule has 4 aromatic carbocycles. The lowest BCUT2D eigenvalue weighted by Crippen LogP contribution is -2.18. The number of hydrogen-bond donors (Lipinski definition) is 0. The molecule has 0 spiro atoms. The van der Waals surface area contributed by atoms with E-state index in [1.807, 2.05) is 0 Å². The Bertz CT molecular complexity index is 1050. The zero-order valence-corrected chi connectivity index (χ0v) is 18.2. The molecule has 0 saturated heterocycles. The molecule has 0 aliphatic rings. The lowest BCUT2D eigenvalue weighted by molar-refractivity contribution is 0.422. The Morgan fingerprint density at radius 3 is 1.59 bits per heavy atom. The predicted octanol–water partition coefficient (Wildman–Crippen LogP) is 6.24. The SMILES string of the molecule is CCCCP(c1ccc2ccccc2c1OC)c1ccc2ccccc2c1OC. The molecule has 0 radical (unpaired) electrons. The van der Waals surface area contributed by atoms with Crippen LogP contribution in [0, 0.1) is 0 Å².